The van der Waals surface area contributed by atoms with Crippen LogP contribution >= 0.6 is 0 Å². The maximum absolute atomic E-state index is 15.0. The molecular weight excluding hydrogens is 505 g/mol. The van der Waals surface area contributed by atoms with Gasteiger partial charge in [0.05, 0.1) is 5.56 Å². The topological polar surface area (TPSA) is 69.4 Å². The molecule has 198 valence electrons. The van der Waals surface area contributed by atoms with Gasteiger partial charge in [-0.05, 0) is 41.8 Å². The summed E-state index contributed by atoms with van der Waals surface area (Å²) in [5.74, 6) is -1.11. The normalized spacial score (nSPS) is 18.5. The Morgan fingerprint density at radius 1 is 1.08 bits per heavy atom. The standard InChI is InChI=1S/C28H24F5N3O2/c1-26(37,28(31,32)33)20-4-2-18(3-5-20)24-21(29)12-17(13-22(24)30)16-36-10-7-27(8-11-36)14-19-6-9-35-23(15-34)25(19)38-27/h2-6,9,12-13,37H,7-8,10-11,14,16H2,1H3. The molecule has 2 aliphatic rings. The van der Waals surface area contributed by atoms with Gasteiger partial charge in [0.2, 0.25) is 0 Å². The van der Waals surface area contributed by atoms with Gasteiger partial charge in [-0.3, -0.25) is 4.90 Å². The highest BCUT2D eigenvalue weighted by Crippen LogP contribution is 2.43. The van der Waals surface area contributed by atoms with Crippen LogP contribution in [0, 0.1) is 23.0 Å². The molecule has 38 heavy (non-hydrogen) atoms. The van der Waals surface area contributed by atoms with Crippen molar-refractivity contribution in [2.75, 3.05) is 13.1 Å². The van der Waals surface area contributed by atoms with Gasteiger partial charge in [-0.2, -0.15) is 18.4 Å². The largest absolute Gasteiger partial charge is 0.483 e. The van der Waals surface area contributed by atoms with Crippen molar-refractivity contribution in [2.45, 2.75) is 50.1 Å². The third-order valence-electron chi connectivity index (χ3n) is 7.49. The lowest BCUT2D eigenvalue weighted by Gasteiger charge is -2.38. The molecule has 1 spiro atoms. The first-order valence-corrected chi connectivity index (χ1v) is 12.1. The summed E-state index contributed by atoms with van der Waals surface area (Å²) in [6, 6.07) is 10.7. The minimum atomic E-state index is -4.90. The third kappa shape index (κ3) is 4.61. The van der Waals surface area contributed by atoms with Gasteiger partial charge < -0.3 is 9.84 Å². The summed E-state index contributed by atoms with van der Waals surface area (Å²) in [6.45, 7) is 2.21. The number of pyridine rings is 1. The summed E-state index contributed by atoms with van der Waals surface area (Å²) < 4.78 is 75.5. The number of hydrogen-bond donors (Lipinski definition) is 1. The van der Waals surface area contributed by atoms with Crippen molar-refractivity contribution in [1.82, 2.24) is 9.88 Å². The summed E-state index contributed by atoms with van der Waals surface area (Å²) in [7, 11) is 0. The van der Waals surface area contributed by atoms with Crippen molar-refractivity contribution in [3.05, 3.63) is 82.7 Å². The number of nitrogens with zero attached hydrogens (tertiary/aromatic N) is 3. The number of benzene rings is 2. The van der Waals surface area contributed by atoms with Crippen LogP contribution in [0.3, 0.4) is 0 Å². The number of ether oxygens (including phenoxy) is 1. The van der Waals surface area contributed by atoms with Crippen molar-refractivity contribution in [3.63, 3.8) is 0 Å². The third-order valence-corrected chi connectivity index (χ3v) is 7.49. The van der Waals surface area contributed by atoms with Gasteiger partial charge in [-0.25, -0.2) is 13.8 Å². The Balaban J connectivity index is 1.27. The molecule has 3 heterocycles. The highest BCUT2D eigenvalue weighted by molar-refractivity contribution is 5.66. The first-order chi connectivity index (χ1) is 17.9. The predicted molar refractivity (Wildman–Crippen MR) is 128 cm³/mol. The zero-order valence-electron chi connectivity index (χ0n) is 20.4. The second-order valence-corrected chi connectivity index (χ2v) is 10.1. The van der Waals surface area contributed by atoms with Crippen LogP contribution in [0.1, 0.15) is 42.1 Å². The van der Waals surface area contributed by atoms with Gasteiger partial charge in [0, 0.05) is 50.7 Å². The molecule has 1 saturated heterocycles. The van der Waals surface area contributed by atoms with Crippen molar-refractivity contribution < 1.29 is 31.8 Å². The molecule has 0 amide bonds. The fraction of sp³-hybridized carbons (Fsp3) is 0.357. The molecule has 1 unspecified atom stereocenters. The van der Waals surface area contributed by atoms with Crippen molar-refractivity contribution >= 4 is 0 Å². The van der Waals surface area contributed by atoms with Crippen molar-refractivity contribution in [1.29, 1.82) is 5.26 Å². The van der Waals surface area contributed by atoms with Crippen LogP contribution in [0.5, 0.6) is 5.75 Å². The van der Waals surface area contributed by atoms with E-state index in [2.05, 4.69) is 16.0 Å². The number of fused-ring (bicyclic) bond motifs is 1. The van der Waals surface area contributed by atoms with Crippen LogP contribution in [0.25, 0.3) is 11.1 Å². The number of halogens is 5. The summed E-state index contributed by atoms with van der Waals surface area (Å²) in [5.41, 5.74) is -2.54. The smallest absolute Gasteiger partial charge is 0.421 e. The summed E-state index contributed by atoms with van der Waals surface area (Å²) >= 11 is 0. The number of piperidine rings is 1. The van der Waals surface area contributed by atoms with E-state index in [0.717, 1.165) is 29.8 Å². The van der Waals surface area contributed by atoms with E-state index in [1.54, 1.807) is 6.20 Å². The lowest BCUT2D eigenvalue weighted by atomic mass is 9.87. The van der Waals surface area contributed by atoms with Gasteiger partial charge in [-0.15, -0.1) is 0 Å². The Bertz CT molecular complexity index is 1380. The zero-order chi connectivity index (χ0) is 27.3. The van der Waals surface area contributed by atoms with E-state index in [0.29, 0.717) is 57.1 Å². The summed E-state index contributed by atoms with van der Waals surface area (Å²) in [4.78, 5) is 6.14. The van der Waals surface area contributed by atoms with E-state index in [1.165, 1.54) is 12.1 Å². The monoisotopic (exact) mass is 529 g/mol. The number of nitriles is 1. The molecule has 3 aromatic rings. The lowest BCUT2D eigenvalue weighted by Crippen LogP contribution is -2.47. The second-order valence-electron chi connectivity index (χ2n) is 10.1. The van der Waals surface area contributed by atoms with E-state index in [4.69, 9.17) is 4.74 Å². The second kappa shape index (κ2) is 9.33. The van der Waals surface area contributed by atoms with E-state index in [1.807, 2.05) is 6.07 Å². The fourth-order valence-electron chi connectivity index (χ4n) is 5.19. The Labute approximate surface area is 216 Å². The van der Waals surface area contributed by atoms with E-state index < -0.39 is 34.6 Å². The fourth-order valence-corrected chi connectivity index (χ4v) is 5.19. The molecule has 5 nitrogen and oxygen atoms in total. The van der Waals surface area contributed by atoms with Crippen LogP contribution in [-0.2, 0) is 18.6 Å². The van der Waals surface area contributed by atoms with Crippen LogP contribution in [-0.4, -0.2) is 39.9 Å². The predicted octanol–water partition coefficient (Wildman–Crippen LogP) is 5.64. The van der Waals surface area contributed by atoms with E-state index in [-0.39, 0.29) is 16.8 Å². The number of aromatic nitrogens is 1. The molecule has 0 aliphatic carbocycles. The van der Waals surface area contributed by atoms with E-state index in [9.17, 15) is 32.3 Å². The number of hydrogen-bond acceptors (Lipinski definition) is 5. The number of likely N-dealkylation sites (tertiary alicyclic amines) is 1. The van der Waals surface area contributed by atoms with Gasteiger partial charge in [0.15, 0.2) is 17.0 Å². The molecule has 1 aromatic heterocycles. The molecular formula is C28H24F5N3O2. The molecule has 1 atom stereocenters. The molecule has 5 rings (SSSR count). The minimum absolute atomic E-state index is 0.0670. The quantitative estimate of drug-likeness (QED) is 0.443. The Morgan fingerprint density at radius 3 is 2.29 bits per heavy atom. The highest BCUT2D eigenvalue weighted by atomic mass is 19.4. The maximum Gasteiger partial charge on any atom is 0.421 e. The van der Waals surface area contributed by atoms with Crippen LogP contribution < -0.4 is 4.74 Å². The number of aliphatic hydroxyl groups is 1. The molecule has 0 saturated carbocycles. The van der Waals surface area contributed by atoms with Gasteiger partial charge in [-0.1, -0.05) is 24.3 Å². The Kier molecular flexibility index (Phi) is 6.40. The Morgan fingerprint density at radius 2 is 1.71 bits per heavy atom. The molecule has 2 aromatic carbocycles. The average molecular weight is 530 g/mol. The maximum atomic E-state index is 15.0. The summed E-state index contributed by atoms with van der Waals surface area (Å²) in [6.07, 6.45) is -1.25. The first-order valence-electron chi connectivity index (χ1n) is 12.1. The van der Waals surface area contributed by atoms with Gasteiger partial charge in [0.25, 0.3) is 0 Å². The number of rotatable bonds is 4. The summed E-state index contributed by atoms with van der Waals surface area (Å²) in [5, 5.41) is 19.1. The Hall–Kier alpha value is -3.55. The lowest BCUT2D eigenvalue weighted by molar-refractivity contribution is -0.258. The molecule has 1 fully saturated rings. The van der Waals surface area contributed by atoms with Crippen LogP contribution in [0.2, 0.25) is 0 Å². The molecule has 1 N–H and O–H groups in total. The molecule has 0 radical (unpaired) electrons. The van der Waals surface area contributed by atoms with Crippen LogP contribution in [0.15, 0.2) is 48.7 Å². The molecule has 2 aliphatic heterocycles. The van der Waals surface area contributed by atoms with E-state index >= 15 is 0 Å². The molecule has 10 heteroatoms. The van der Waals surface area contributed by atoms with Gasteiger partial charge in [0.1, 0.15) is 23.3 Å². The van der Waals surface area contributed by atoms with Gasteiger partial charge >= 0.3 is 6.18 Å². The number of alkyl halides is 3. The van der Waals surface area contributed by atoms with Crippen molar-refractivity contribution in [3.8, 4) is 22.9 Å². The first kappa shape index (κ1) is 26.1. The molecule has 0 bridgehead atoms. The zero-order valence-corrected chi connectivity index (χ0v) is 20.4. The minimum Gasteiger partial charge on any atom is -0.483 e. The van der Waals surface area contributed by atoms with Crippen LogP contribution in [0.4, 0.5) is 22.0 Å². The highest BCUT2D eigenvalue weighted by Gasteiger charge is 2.51. The average Bonchev–Trinajstić information content (AvgIpc) is 3.23. The van der Waals surface area contributed by atoms with Crippen molar-refractivity contribution in [2.24, 2.45) is 0 Å². The SMILES string of the molecule is CC(O)(c1ccc(-c2c(F)cc(CN3CCC4(CC3)Cc3ccnc(C#N)c3O4)cc2F)cc1)C(F)(F)F.